The molecule has 0 fully saturated rings. The number of rotatable bonds is 5. The first-order chi connectivity index (χ1) is 11.1. The largest absolute Gasteiger partial charge is 0.433 e. The number of halogens is 3. The van der Waals surface area contributed by atoms with E-state index in [1.54, 1.807) is 6.92 Å². The van der Waals surface area contributed by atoms with Crippen LogP contribution in [0, 0.1) is 6.92 Å². The van der Waals surface area contributed by atoms with Crippen LogP contribution in [0.15, 0.2) is 12.3 Å². The van der Waals surface area contributed by atoms with Crippen molar-refractivity contribution in [3.8, 4) is 0 Å². The molecule has 3 N–H and O–H groups in total. The molecule has 0 aliphatic carbocycles. The van der Waals surface area contributed by atoms with Crippen LogP contribution in [-0.2, 0) is 24.1 Å². The Morgan fingerprint density at radius 1 is 1.33 bits per heavy atom. The van der Waals surface area contributed by atoms with E-state index in [1.807, 2.05) is 0 Å². The summed E-state index contributed by atoms with van der Waals surface area (Å²) in [5.41, 5.74) is 4.13. The van der Waals surface area contributed by atoms with Crippen molar-refractivity contribution < 1.29 is 22.8 Å². The van der Waals surface area contributed by atoms with Gasteiger partial charge in [-0.15, -0.1) is 0 Å². The highest BCUT2D eigenvalue weighted by atomic mass is 19.4. The zero-order valence-electron chi connectivity index (χ0n) is 12.9. The summed E-state index contributed by atoms with van der Waals surface area (Å²) in [6.45, 7) is 2.90. The molecule has 0 spiro atoms. The van der Waals surface area contributed by atoms with Crippen LogP contribution in [0.25, 0.3) is 0 Å². The molecule has 130 valence electrons. The first kappa shape index (κ1) is 17.5. The Bertz CT molecular complexity index is 777. The zero-order valence-corrected chi connectivity index (χ0v) is 12.9. The summed E-state index contributed by atoms with van der Waals surface area (Å²) < 4.78 is 40.6. The molecule has 2 rings (SSSR count). The van der Waals surface area contributed by atoms with Crippen LogP contribution in [0.4, 0.5) is 18.9 Å². The van der Waals surface area contributed by atoms with Crippen molar-refractivity contribution in [1.82, 2.24) is 19.6 Å². The number of carbonyl (C=O) groups is 2. The molecule has 0 bridgehead atoms. The molecule has 2 heterocycles. The maximum Gasteiger partial charge on any atom is 0.433 e. The number of nitrogens with one attached hydrogen (secondary N) is 1. The predicted molar refractivity (Wildman–Crippen MR) is 77.0 cm³/mol. The van der Waals surface area contributed by atoms with Gasteiger partial charge in [0.15, 0.2) is 5.69 Å². The SMILES string of the molecule is CCn1cc(NC(=O)Cn2nc(C)cc2C(F)(F)F)c(C(N)=O)n1. The molecule has 24 heavy (non-hydrogen) atoms. The van der Waals surface area contributed by atoms with Crippen LogP contribution in [0.5, 0.6) is 0 Å². The minimum atomic E-state index is -4.63. The molecule has 0 aliphatic heterocycles. The van der Waals surface area contributed by atoms with Gasteiger partial charge in [0, 0.05) is 12.7 Å². The molecular weight excluding hydrogens is 329 g/mol. The fourth-order valence-electron chi connectivity index (χ4n) is 2.08. The molecule has 0 radical (unpaired) electrons. The van der Waals surface area contributed by atoms with Crippen LogP contribution in [0.2, 0.25) is 0 Å². The smallest absolute Gasteiger partial charge is 0.364 e. The lowest BCUT2D eigenvalue weighted by Gasteiger charge is -2.10. The molecule has 0 unspecified atom stereocenters. The molecule has 2 amide bonds. The lowest BCUT2D eigenvalue weighted by Crippen LogP contribution is -2.24. The molecule has 0 aliphatic rings. The number of nitrogens with two attached hydrogens (primary N) is 1. The number of amides is 2. The second kappa shape index (κ2) is 6.34. The third-order valence-electron chi connectivity index (χ3n) is 3.08. The number of nitrogens with zero attached hydrogens (tertiary/aromatic N) is 4. The van der Waals surface area contributed by atoms with Crippen molar-refractivity contribution in [3.05, 3.63) is 29.3 Å². The third kappa shape index (κ3) is 3.73. The van der Waals surface area contributed by atoms with Crippen molar-refractivity contribution in [2.75, 3.05) is 5.32 Å². The van der Waals surface area contributed by atoms with E-state index in [2.05, 4.69) is 15.5 Å². The average Bonchev–Trinajstić information content (AvgIpc) is 3.01. The Kier molecular flexibility index (Phi) is 4.62. The molecule has 0 saturated carbocycles. The quantitative estimate of drug-likeness (QED) is 0.848. The van der Waals surface area contributed by atoms with Crippen LogP contribution >= 0.6 is 0 Å². The molecule has 2 aromatic rings. The number of aromatic nitrogens is 4. The number of alkyl halides is 3. The van der Waals surface area contributed by atoms with Gasteiger partial charge < -0.3 is 11.1 Å². The van der Waals surface area contributed by atoms with Gasteiger partial charge in [-0.3, -0.25) is 19.0 Å². The second-order valence-corrected chi connectivity index (χ2v) is 4.99. The zero-order chi connectivity index (χ0) is 18.1. The molecular formula is C13H15F3N6O2. The topological polar surface area (TPSA) is 108 Å². The van der Waals surface area contributed by atoms with E-state index in [0.29, 0.717) is 11.2 Å². The molecule has 8 nitrogen and oxygen atoms in total. The average molecular weight is 344 g/mol. The minimum Gasteiger partial charge on any atom is -0.364 e. The van der Waals surface area contributed by atoms with E-state index < -0.39 is 30.2 Å². The fraction of sp³-hybridized carbons (Fsp3) is 0.385. The van der Waals surface area contributed by atoms with E-state index in [1.165, 1.54) is 17.8 Å². The molecule has 0 saturated heterocycles. The minimum absolute atomic E-state index is 0.0341. The normalized spacial score (nSPS) is 11.5. The van der Waals surface area contributed by atoms with Crippen LogP contribution < -0.4 is 11.1 Å². The van der Waals surface area contributed by atoms with Gasteiger partial charge in [-0.1, -0.05) is 0 Å². The van der Waals surface area contributed by atoms with Crippen molar-refractivity contribution in [1.29, 1.82) is 0 Å². The lowest BCUT2D eigenvalue weighted by atomic mass is 10.3. The molecule has 0 aromatic carbocycles. The predicted octanol–water partition coefficient (Wildman–Crippen LogP) is 1.16. The van der Waals surface area contributed by atoms with E-state index in [4.69, 9.17) is 5.73 Å². The summed E-state index contributed by atoms with van der Waals surface area (Å²) in [4.78, 5) is 23.3. The van der Waals surface area contributed by atoms with Crippen molar-refractivity contribution in [3.63, 3.8) is 0 Å². The Balaban J connectivity index is 2.21. The van der Waals surface area contributed by atoms with Crippen molar-refractivity contribution in [2.24, 2.45) is 5.73 Å². The van der Waals surface area contributed by atoms with E-state index >= 15 is 0 Å². The summed E-state index contributed by atoms with van der Waals surface area (Å²) in [6, 6.07) is 0.844. The van der Waals surface area contributed by atoms with Gasteiger partial charge in [0.25, 0.3) is 5.91 Å². The Labute approximate surface area is 134 Å². The van der Waals surface area contributed by atoms with E-state index in [9.17, 15) is 22.8 Å². The van der Waals surface area contributed by atoms with Crippen molar-refractivity contribution >= 4 is 17.5 Å². The number of aryl methyl sites for hydroxylation is 2. The van der Waals surface area contributed by atoms with Crippen LogP contribution in [0.1, 0.15) is 28.8 Å². The highest BCUT2D eigenvalue weighted by Gasteiger charge is 2.35. The summed E-state index contributed by atoms with van der Waals surface area (Å²) in [6.07, 6.45) is -3.26. The first-order valence-electron chi connectivity index (χ1n) is 6.90. The van der Waals surface area contributed by atoms with Gasteiger partial charge >= 0.3 is 6.18 Å². The Hall–Kier alpha value is -2.85. The Morgan fingerprint density at radius 2 is 2.00 bits per heavy atom. The fourth-order valence-corrected chi connectivity index (χ4v) is 2.08. The maximum atomic E-state index is 12.9. The van der Waals surface area contributed by atoms with E-state index in [-0.39, 0.29) is 17.1 Å². The molecule has 11 heteroatoms. The number of carbonyl (C=O) groups excluding carboxylic acids is 2. The molecule has 2 aromatic heterocycles. The second-order valence-electron chi connectivity index (χ2n) is 4.99. The molecule has 0 atom stereocenters. The standard InChI is InChI=1S/C13H15F3N6O2/c1-3-21-5-8(11(20-21)12(17)24)18-10(23)6-22-9(13(14,15)16)4-7(2)19-22/h4-5H,3,6H2,1-2H3,(H2,17,24)(H,18,23). The highest BCUT2D eigenvalue weighted by Crippen LogP contribution is 2.29. The summed E-state index contributed by atoms with van der Waals surface area (Å²) in [7, 11) is 0. The number of anilines is 1. The van der Waals surface area contributed by atoms with E-state index in [0.717, 1.165) is 6.07 Å². The van der Waals surface area contributed by atoms with Gasteiger partial charge in [-0.05, 0) is 19.9 Å². The first-order valence-corrected chi connectivity index (χ1v) is 6.90. The number of hydrogen-bond acceptors (Lipinski definition) is 4. The van der Waals surface area contributed by atoms with Gasteiger partial charge in [-0.25, -0.2) is 0 Å². The monoisotopic (exact) mass is 344 g/mol. The van der Waals surface area contributed by atoms with Gasteiger partial charge in [0.1, 0.15) is 12.2 Å². The number of hydrogen-bond donors (Lipinski definition) is 2. The highest BCUT2D eigenvalue weighted by molar-refractivity contribution is 6.01. The van der Waals surface area contributed by atoms with Gasteiger partial charge in [-0.2, -0.15) is 23.4 Å². The van der Waals surface area contributed by atoms with Crippen molar-refractivity contribution in [2.45, 2.75) is 33.1 Å². The third-order valence-corrected chi connectivity index (χ3v) is 3.08. The Morgan fingerprint density at radius 3 is 2.54 bits per heavy atom. The summed E-state index contributed by atoms with van der Waals surface area (Å²) >= 11 is 0. The van der Waals surface area contributed by atoms with Crippen LogP contribution in [-0.4, -0.2) is 31.4 Å². The lowest BCUT2D eigenvalue weighted by molar-refractivity contribution is -0.144. The summed E-state index contributed by atoms with van der Waals surface area (Å²) in [5.74, 6) is -1.65. The van der Waals surface area contributed by atoms with Gasteiger partial charge in [0.05, 0.1) is 11.4 Å². The van der Waals surface area contributed by atoms with Gasteiger partial charge in [0.2, 0.25) is 5.91 Å². The number of primary amides is 1. The van der Waals surface area contributed by atoms with Crippen LogP contribution in [0.3, 0.4) is 0 Å². The summed E-state index contributed by atoms with van der Waals surface area (Å²) in [5, 5.41) is 9.87. The maximum absolute atomic E-state index is 12.9.